The lowest BCUT2D eigenvalue weighted by atomic mass is 10.1. The Morgan fingerprint density at radius 2 is 2.08 bits per heavy atom. The molecule has 0 amide bonds. The van der Waals surface area contributed by atoms with Crippen molar-refractivity contribution in [1.29, 1.82) is 5.26 Å². The van der Waals surface area contributed by atoms with E-state index >= 15 is 0 Å². The molecule has 0 saturated heterocycles. The third-order valence-corrected chi connectivity index (χ3v) is 1.91. The quantitative estimate of drug-likeness (QED) is 0.644. The molecule has 0 radical (unpaired) electrons. The summed E-state index contributed by atoms with van der Waals surface area (Å²) in [7, 11) is 0. The topological polar surface area (TPSA) is 56.0 Å². The smallest absolute Gasteiger partial charge is 0.0951 e. The molecule has 3 nitrogen and oxygen atoms in total. The van der Waals surface area contributed by atoms with Gasteiger partial charge in [0.15, 0.2) is 0 Å². The van der Waals surface area contributed by atoms with Crippen molar-refractivity contribution in [3.05, 3.63) is 0 Å². The molecule has 3 heteroatoms. The summed E-state index contributed by atoms with van der Waals surface area (Å²) in [5.74, 6) is 0.244. The van der Waals surface area contributed by atoms with Crippen LogP contribution in [0.25, 0.3) is 0 Å². The summed E-state index contributed by atoms with van der Waals surface area (Å²) < 4.78 is 0. The molecule has 0 rings (SSSR count). The van der Waals surface area contributed by atoms with Crippen LogP contribution in [0.1, 0.15) is 27.2 Å². The largest absolute Gasteiger partial charge is 0.392 e. The predicted molar refractivity (Wildman–Crippen MR) is 48.5 cm³/mol. The van der Waals surface area contributed by atoms with Crippen LogP contribution in [0, 0.1) is 17.2 Å². The van der Waals surface area contributed by atoms with Crippen molar-refractivity contribution in [3.63, 3.8) is 0 Å². The first-order valence-corrected chi connectivity index (χ1v) is 4.42. The van der Waals surface area contributed by atoms with Crippen LogP contribution >= 0.6 is 0 Å². The lowest BCUT2D eigenvalue weighted by Crippen LogP contribution is -2.36. The van der Waals surface area contributed by atoms with Gasteiger partial charge in [0.2, 0.25) is 0 Å². The van der Waals surface area contributed by atoms with Crippen molar-refractivity contribution in [2.24, 2.45) is 5.92 Å². The summed E-state index contributed by atoms with van der Waals surface area (Å²) in [4.78, 5) is 0. The second-order valence-corrected chi connectivity index (χ2v) is 3.31. The van der Waals surface area contributed by atoms with Crippen LogP contribution in [0.5, 0.6) is 0 Å². The number of rotatable bonds is 5. The van der Waals surface area contributed by atoms with E-state index in [1.165, 1.54) is 0 Å². The zero-order chi connectivity index (χ0) is 9.56. The van der Waals surface area contributed by atoms with E-state index in [4.69, 9.17) is 5.26 Å². The number of hydrogen-bond donors (Lipinski definition) is 2. The SMILES string of the molecule is CCC(C#N)NCC(O)C(C)C. The van der Waals surface area contributed by atoms with Gasteiger partial charge in [0.1, 0.15) is 0 Å². The number of nitrogens with zero attached hydrogens (tertiary/aromatic N) is 1. The van der Waals surface area contributed by atoms with Gasteiger partial charge in [-0.25, -0.2) is 0 Å². The Morgan fingerprint density at radius 1 is 1.50 bits per heavy atom. The van der Waals surface area contributed by atoms with Gasteiger partial charge in [-0.1, -0.05) is 20.8 Å². The first-order chi connectivity index (χ1) is 5.61. The molecule has 0 aromatic carbocycles. The van der Waals surface area contributed by atoms with E-state index in [9.17, 15) is 5.11 Å². The fourth-order valence-electron chi connectivity index (χ4n) is 0.780. The van der Waals surface area contributed by atoms with E-state index in [0.717, 1.165) is 6.42 Å². The second kappa shape index (κ2) is 5.99. The highest BCUT2D eigenvalue weighted by Crippen LogP contribution is 1.99. The highest BCUT2D eigenvalue weighted by Gasteiger charge is 2.10. The molecule has 2 N–H and O–H groups in total. The van der Waals surface area contributed by atoms with E-state index in [1.807, 2.05) is 20.8 Å². The van der Waals surface area contributed by atoms with Crippen molar-refractivity contribution < 1.29 is 5.11 Å². The third-order valence-electron chi connectivity index (χ3n) is 1.91. The van der Waals surface area contributed by atoms with Gasteiger partial charge in [-0.05, 0) is 12.3 Å². The minimum Gasteiger partial charge on any atom is -0.392 e. The van der Waals surface area contributed by atoms with E-state index in [-0.39, 0.29) is 18.1 Å². The summed E-state index contributed by atoms with van der Waals surface area (Å²) in [6, 6.07) is 2.00. The van der Waals surface area contributed by atoms with Gasteiger partial charge in [0, 0.05) is 6.54 Å². The molecular formula is C9H18N2O. The number of aliphatic hydroxyl groups is 1. The van der Waals surface area contributed by atoms with Crippen molar-refractivity contribution in [2.45, 2.75) is 39.3 Å². The minimum absolute atomic E-state index is 0.126. The lowest BCUT2D eigenvalue weighted by Gasteiger charge is -2.16. The van der Waals surface area contributed by atoms with E-state index in [2.05, 4.69) is 11.4 Å². The summed E-state index contributed by atoms with van der Waals surface area (Å²) in [5, 5.41) is 21.0. The molecule has 0 aliphatic rings. The van der Waals surface area contributed by atoms with Gasteiger partial charge in [0.05, 0.1) is 18.2 Å². The number of hydrogen-bond acceptors (Lipinski definition) is 3. The monoisotopic (exact) mass is 170 g/mol. The maximum Gasteiger partial charge on any atom is 0.0951 e. The summed E-state index contributed by atoms with van der Waals surface area (Å²) in [6.45, 7) is 6.37. The molecule has 0 heterocycles. The van der Waals surface area contributed by atoms with E-state index in [0.29, 0.717) is 6.54 Å². The maximum absolute atomic E-state index is 9.39. The maximum atomic E-state index is 9.39. The van der Waals surface area contributed by atoms with Crippen molar-refractivity contribution >= 4 is 0 Å². The predicted octanol–water partition coefficient (Wildman–Crippen LogP) is 0.895. The molecule has 2 unspecified atom stereocenters. The molecular weight excluding hydrogens is 152 g/mol. The summed E-state index contributed by atoms with van der Waals surface area (Å²) in [5.41, 5.74) is 0. The molecule has 0 bridgehead atoms. The van der Waals surface area contributed by atoms with Crippen LogP contribution in [-0.4, -0.2) is 23.8 Å². The van der Waals surface area contributed by atoms with Crippen LogP contribution in [0.15, 0.2) is 0 Å². The molecule has 0 aromatic rings. The van der Waals surface area contributed by atoms with Gasteiger partial charge < -0.3 is 5.11 Å². The van der Waals surface area contributed by atoms with Crippen LogP contribution in [0.2, 0.25) is 0 Å². The van der Waals surface area contributed by atoms with Crippen LogP contribution in [0.4, 0.5) is 0 Å². The zero-order valence-corrected chi connectivity index (χ0v) is 8.04. The minimum atomic E-state index is -0.354. The van der Waals surface area contributed by atoms with Crippen LogP contribution in [0.3, 0.4) is 0 Å². The molecule has 2 atom stereocenters. The number of nitriles is 1. The van der Waals surface area contributed by atoms with Crippen molar-refractivity contribution in [3.8, 4) is 6.07 Å². The molecule has 0 saturated carbocycles. The fourth-order valence-corrected chi connectivity index (χ4v) is 0.780. The van der Waals surface area contributed by atoms with Crippen molar-refractivity contribution in [2.75, 3.05) is 6.54 Å². The lowest BCUT2D eigenvalue weighted by molar-refractivity contribution is 0.122. The molecule has 12 heavy (non-hydrogen) atoms. The van der Waals surface area contributed by atoms with Gasteiger partial charge in [0.25, 0.3) is 0 Å². The number of nitrogens with one attached hydrogen (secondary N) is 1. The number of aliphatic hydroxyl groups excluding tert-OH is 1. The highest BCUT2D eigenvalue weighted by molar-refractivity contribution is 4.88. The highest BCUT2D eigenvalue weighted by atomic mass is 16.3. The van der Waals surface area contributed by atoms with Gasteiger partial charge in [-0.15, -0.1) is 0 Å². The normalized spacial score (nSPS) is 15.7. The Labute approximate surface area is 74.4 Å². The Bertz CT molecular complexity index is 151. The molecule has 0 fully saturated rings. The zero-order valence-electron chi connectivity index (χ0n) is 8.04. The fraction of sp³-hybridized carbons (Fsp3) is 0.889. The van der Waals surface area contributed by atoms with Gasteiger partial charge >= 0.3 is 0 Å². The van der Waals surface area contributed by atoms with E-state index in [1.54, 1.807) is 0 Å². The summed E-state index contributed by atoms with van der Waals surface area (Å²) >= 11 is 0. The Morgan fingerprint density at radius 3 is 2.42 bits per heavy atom. The van der Waals surface area contributed by atoms with Gasteiger partial charge in [-0.3, -0.25) is 5.32 Å². The molecule has 0 aliphatic heterocycles. The Balaban J connectivity index is 3.60. The van der Waals surface area contributed by atoms with Crippen molar-refractivity contribution in [1.82, 2.24) is 5.32 Å². The average Bonchev–Trinajstić information content (AvgIpc) is 2.05. The first kappa shape index (κ1) is 11.4. The summed E-state index contributed by atoms with van der Waals surface area (Å²) in [6.07, 6.45) is 0.425. The van der Waals surface area contributed by atoms with Crippen LogP contribution < -0.4 is 5.32 Å². The Hall–Kier alpha value is -0.590. The Kier molecular flexibility index (Phi) is 5.69. The van der Waals surface area contributed by atoms with Crippen LogP contribution in [-0.2, 0) is 0 Å². The second-order valence-electron chi connectivity index (χ2n) is 3.31. The molecule has 0 aliphatic carbocycles. The third kappa shape index (κ3) is 4.32. The average molecular weight is 170 g/mol. The first-order valence-electron chi connectivity index (χ1n) is 4.42. The van der Waals surface area contributed by atoms with Gasteiger partial charge in [-0.2, -0.15) is 5.26 Å². The van der Waals surface area contributed by atoms with E-state index < -0.39 is 0 Å². The standard InChI is InChI=1S/C9H18N2O/c1-4-8(5-10)11-6-9(12)7(2)3/h7-9,11-12H,4,6H2,1-3H3. The molecule has 0 spiro atoms. The molecule has 0 aromatic heterocycles. The molecule has 70 valence electrons.